The number of hydrogen-bond acceptors (Lipinski definition) is 3. The van der Waals surface area contributed by atoms with Crippen molar-refractivity contribution in [2.75, 3.05) is 7.11 Å². The van der Waals surface area contributed by atoms with E-state index in [1.54, 1.807) is 13.8 Å². The van der Waals surface area contributed by atoms with Crippen molar-refractivity contribution in [1.82, 2.24) is 0 Å². The molecule has 0 aliphatic carbocycles. The van der Waals surface area contributed by atoms with Crippen molar-refractivity contribution in [2.24, 2.45) is 0 Å². The molecule has 0 saturated carbocycles. The third-order valence-electron chi connectivity index (χ3n) is 2.12. The van der Waals surface area contributed by atoms with Crippen LogP contribution >= 0.6 is 0 Å². The second kappa shape index (κ2) is 4.94. The highest BCUT2D eigenvalue weighted by atomic mass is 16.6. The standard InChI is InChI=1S/C12H16O3/c1-12(2,11(13)14-3)15-9-10-7-5-4-6-8-10/h4-8H,9H2,1-3H3. The molecule has 0 aliphatic rings. The number of ether oxygens (including phenoxy) is 2. The molecule has 0 amide bonds. The molecule has 0 fully saturated rings. The first kappa shape index (κ1) is 11.7. The van der Waals surface area contributed by atoms with E-state index in [1.165, 1.54) is 7.11 Å². The minimum Gasteiger partial charge on any atom is -0.467 e. The quantitative estimate of drug-likeness (QED) is 0.711. The molecule has 1 rings (SSSR count). The summed E-state index contributed by atoms with van der Waals surface area (Å²) >= 11 is 0. The molecule has 0 heterocycles. The maximum Gasteiger partial charge on any atom is 0.337 e. The summed E-state index contributed by atoms with van der Waals surface area (Å²) in [6.07, 6.45) is 0. The van der Waals surface area contributed by atoms with Gasteiger partial charge >= 0.3 is 5.97 Å². The van der Waals surface area contributed by atoms with Crippen molar-refractivity contribution in [3.05, 3.63) is 35.9 Å². The van der Waals surface area contributed by atoms with Gasteiger partial charge in [0.1, 0.15) is 0 Å². The molecule has 0 N–H and O–H groups in total. The Morgan fingerprint density at radius 1 is 1.27 bits per heavy atom. The summed E-state index contributed by atoms with van der Waals surface area (Å²) in [5.74, 6) is -0.363. The molecule has 0 unspecified atom stereocenters. The Hall–Kier alpha value is -1.35. The average molecular weight is 208 g/mol. The second-order valence-corrected chi connectivity index (χ2v) is 3.78. The number of carbonyl (C=O) groups is 1. The van der Waals surface area contributed by atoms with Gasteiger partial charge in [0, 0.05) is 0 Å². The molecular formula is C12H16O3. The van der Waals surface area contributed by atoms with Crippen LogP contribution in [0.4, 0.5) is 0 Å². The minimum atomic E-state index is -0.898. The van der Waals surface area contributed by atoms with E-state index in [4.69, 9.17) is 4.74 Å². The van der Waals surface area contributed by atoms with E-state index < -0.39 is 5.60 Å². The van der Waals surface area contributed by atoms with Crippen LogP contribution in [-0.2, 0) is 20.9 Å². The van der Waals surface area contributed by atoms with Gasteiger partial charge in [-0.25, -0.2) is 4.79 Å². The van der Waals surface area contributed by atoms with E-state index in [1.807, 2.05) is 30.3 Å². The number of hydrogen-bond donors (Lipinski definition) is 0. The molecule has 1 aromatic rings. The Morgan fingerprint density at radius 3 is 2.40 bits per heavy atom. The summed E-state index contributed by atoms with van der Waals surface area (Å²) in [4.78, 5) is 11.3. The van der Waals surface area contributed by atoms with Gasteiger partial charge in [-0.3, -0.25) is 0 Å². The monoisotopic (exact) mass is 208 g/mol. The van der Waals surface area contributed by atoms with Gasteiger partial charge in [-0.2, -0.15) is 0 Å². The Morgan fingerprint density at radius 2 is 1.87 bits per heavy atom. The highest BCUT2D eigenvalue weighted by Crippen LogP contribution is 2.14. The van der Waals surface area contributed by atoms with E-state index in [0.29, 0.717) is 6.61 Å². The number of carbonyl (C=O) groups excluding carboxylic acids is 1. The van der Waals surface area contributed by atoms with Crippen molar-refractivity contribution in [2.45, 2.75) is 26.1 Å². The maximum atomic E-state index is 11.3. The van der Waals surface area contributed by atoms with Gasteiger partial charge in [0.2, 0.25) is 0 Å². The van der Waals surface area contributed by atoms with Crippen molar-refractivity contribution in [3.8, 4) is 0 Å². The molecule has 0 aliphatic heterocycles. The van der Waals surface area contributed by atoms with Crippen LogP contribution < -0.4 is 0 Å². The maximum absolute atomic E-state index is 11.3. The fourth-order valence-electron chi connectivity index (χ4n) is 1.14. The average Bonchev–Trinajstić information content (AvgIpc) is 2.27. The Balaban J connectivity index is 2.53. The number of esters is 1. The lowest BCUT2D eigenvalue weighted by molar-refractivity contribution is -0.166. The first-order valence-corrected chi connectivity index (χ1v) is 4.82. The predicted octanol–water partition coefficient (Wildman–Crippen LogP) is 2.15. The second-order valence-electron chi connectivity index (χ2n) is 3.78. The summed E-state index contributed by atoms with van der Waals surface area (Å²) in [6.45, 7) is 3.80. The van der Waals surface area contributed by atoms with E-state index in [-0.39, 0.29) is 5.97 Å². The molecule has 1 aromatic carbocycles. The summed E-state index contributed by atoms with van der Waals surface area (Å²) in [5, 5.41) is 0. The zero-order valence-corrected chi connectivity index (χ0v) is 9.32. The predicted molar refractivity (Wildman–Crippen MR) is 57.3 cm³/mol. The third kappa shape index (κ3) is 3.36. The molecular weight excluding hydrogens is 192 g/mol. The van der Waals surface area contributed by atoms with Gasteiger partial charge in [-0.05, 0) is 19.4 Å². The molecule has 82 valence electrons. The molecule has 0 saturated heterocycles. The van der Waals surface area contributed by atoms with Crippen LogP contribution in [0.3, 0.4) is 0 Å². The van der Waals surface area contributed by atoms with Crippen LogP contribution in [0.25, 0.3) is 0 Å². The Labute approximate surface area is 90.0 Å². The van der Waals surface area contributed by atoms with Crippen molar-refractivity contribution < 1.29 is 14.3 Å². The number of methoxy groups -OCH3 is 1. The third-order valence-corrected chi connectivity index (χ3v) is 2.12. The SMILES string of the molecule is COC(=O)C(C)(C)OCc1ccccc1. The first-order valence-electron chi connectivity index (χ1n) is 4.82. The largest absolute Gasteiger partial charge is 0.467 e. The van der Waals surface area contributed by atoms with Gasteiger partial charge in [0.25, 0.3) is 0 Å². The zero-order valence-electron chi connectivity index (χ0n) is 9.32. The highest BCUT2D eigenvalue weighted by molar-refractivity contribution is 5.78. The molecule has 15 heavy (non-hydrogen) atoms. The van der Waals surface area contributed by atoms with Gasteiger partial charge in [0.05, 0.1) is 13.7 Å². The molecule has 3 nitrogen and oxygen atoms in total. The lowest BCUT2D eigenvalue weighted by atomic mass is 10.1. The molecule has 0 spiro atoms. The van der Waals surface area contributed by atoms with Gasteiger partial charge in [0.15, 0.2) is 5.60 Å². The molecule has 0 bridgehead atoms. The van der Waals surface area contributed by atoms with Gasteiger partial charge in [-0.1, -0.05) is 30.3 Å². The fourth-order valence-corrected chi connectivity index (χ4v) is 1.14. The fraction of sp³-hybridized carbons (Fsp3) is 0.417. The lowest BCUT2D eigenvalue weighted by Crippen LogP contribution is -2.35. The Bertz CT molecular complexity index is 317. The van der Waals surface area contributed by atoms with Gasteiger partial charge in [-0.15, -0.1) is 0 Å². The Kier molecular flexibility index (Phi) is 3.86. The van der Waals surface area contributed by atoms with Gasteiger partial charge < -0.3 is 9.47 Å². The van der Waals surface area contributed by atoms with Crippen LogP contribution in [0.1, 0.15) is 19.4 Å². The van der Waals surface area contributed by atoms with Crippen LogP contribution in [0.15, 0.2) is 30.3 Å². The zero-order chi connectivity index (χ0) is 11.3. The normalized spacial score (nSPS) is 11.1. The molecule has 3 heteroatoms. The van der Waals surface area contributed by atoms with Crippen molar-refractivity contribution in [1.29, 1.82) is 0 Å². The molecule has 0 aromatic heterocycles. The van der Waals surface area contributed by atoms with E-state index in [9.17, 15) is 4.79 Å². The summed E-state index contributed by atoms with van der Waals surface area (Å²) in [5.41, 5.74) is 0.138. The van der Waals surface area contributed by atoms with Crippen LogP contribution in [0.5, 0.6) is 0 Å². The van der Waals surface area contributed by atoms with E-state index >= 15 is 0 Å². The van der Waals surface area contributed by atoms with Crippen molar-refractivity contribution in [3.63, 3.8) is 0 Å². The summed E-state index contributed by atoms with van der Waals surface area (Å²) < 4.78 is 10.1. The lowest BCUT2D eigenvalue weighted by Gasteiger charge is -2.22. The highest BCUT2D eigenvalue weighted by Gasteiger charge is 2.29. The number of rotatable bonds is 4. The number of benzene rings is 1. The molecule has 0 radical (unpaired) electrons. The smallest absolute Gasteiger partial charge is 0.337 e. The van der Waals surface area contributed by atoms with Crippen LogP contribution in [0.2, 0.25) is 0 Å². The summed E-state index contributed by atoms with van der Waals surface area (Å²) in [7, 11) is 1.36. The van der Waals surface area contributed by atoms with Crippen LogP contribution in [-0.4, -0.2) is 18.7 Å². The first-order chi connectivity index (χ1) is 7.06. The van der Waals surface area contributed by atoms with Crippen LogP contribution in [0, 0.1) is 0 Å². The van der Waals surface area contributed by atoms with Crippen molar-refractivity contribution >= 4 is 5.97 Å². The van der Waals surface area contributed by atoms with E-state index in [2.05, 4.69) is 4.74 Å². The molecule has 0 atom stereocenters. The minimum absolute atomic E-state index is 0.363. The summed E-state index contributed by atoms with van der Waals surface area (Å²) in [6, 6.07) is 9.71. The van der Waals surface area contributed by atoms with E-state index in [0.717, 1.165) is 5.56 Å². The topological polar surface area (TPSA) is 35.5 Å².